The van der Waals surface area contributed by atoms with Gasteiger partial charge in [0, 0.05) is 24.8 Å². The van der Waals surface area contributed by atoms with Crippen molar-refractivity contribution in [3.05, 3.63) is 66.1 Å². The van der Waals surface area contributed by atoms with Crippen LogP contribution in [0.5, 0.6) is 0 Å². The highest BCUT2D eigenvalue weighted by molar-refractivity contribution is 7.91. The number of imidazole rings is 1. The van der Waals surface area contributed by atoms with Gasteiger partial charge < -0.3 is 11.1 Å². The van der Waals surface area contributed by atoms with Crippen molar-refractivity contribution >= 4 is 36.8 Å². The first-order chi connectivity index (χ1) is 18.7. The summed E-state index contributed by atoms with van der Waals surface area (Å²) < 4.78 is 79.3. The highest BCUT2D eigenvalue weighted by Crippen LogP contribution is 2.41. The van der Waals surface area contributed by atoms with Crippen LogP contribution in [0.25, 0.3) is 16.8 Å². The number of nitrogens with two attached hydrogens (primary N) is 1. The van der Waals surface area contributed by atoms with Gasteiger partial charge in [0.15, 0.2) is 19.7 Å². The summed E-state index contributed by atoms with van der Waals surface area (Å²) in [5.41, 5.74) is 7.83. The minimum atomic E-state index is -3.81. The second kappa shape index (κ2) is 10.2. The Kier molecular flexibility index (Phi) is 7.13. The van der Waals surface area contributed by atoms with Crippen LogP contribution in [0.15, 0.2) is 53.8 Å². The van der Waals surface area contributed by atoms with Crippen molar-refractivity contribution in [2.24, 2.45) is 11.7 Å². The Labute approximate surface area is 230 Å². The fraction of sp³-hybridized carbons (Fsp3) is 0.346. The normalized spacial score (nSPS) is 21.9. The van der Waals surface area contributed by atoms with E-state index in [1.54, 1.807) is 18.5 Å². The maximum absolute atomic E-state index is 14.9. The van der Waals surface area contributed by atoms with Gasteiger partial charge in [-0.2, -0.15) is 9.61 Å². The number of halogens is 2. The molecular formula is C26H28F2N6O4S2. The lowest BCUT2D eigenvalue weighted by atomic mass is 9.76. The molecule has 1 fully saturated rings. The SMILES string of the molecule is C[C@H]1C[C@@H](c2ccncc2Nc2ncc3ccc(-c4c(F)cc(S(C)(=O)=O)cc4F)nn23)CC(N)[C@H]1S(C)(=O)=O. The first-order valence-electron chi connectivity index (χ1n) is 12.4. The van der Waals surface area contributed by atoms with E-state index < -0.39 is 53.1 Å². The van der Waals surface area contributed by atoms with Gasteiger partial charge in [-0.3, -0.25) is 4.98 Å². The largest absolute Gasteiger partial charge is 0.326 e. The van der Waals surface area contributed by atoms with E-state index in [0.717, 1.165) is 24.0 Å². The van der Waals surface area contributed by atoms with Gasteiger partial charge in [-0.15, -0.1) is 0 Å². The summed E-state index contributed by atoms with van der Waals surface area (Å²) in [4.78, 5) is 8.11. The lowest BCUT2D eigenvalue weighted by Crippen LogP contribution is -2.48. The average Bonchev–Trinajstić information content (AvgIpc) is 3.24. The van der Waals surface area contributed by atoms with Crippen molar-refractivity contribution in [3.8, 4) is 11.3 Å². The zero-order chi connectivity index (χ0) is 29.0. The first kappa shape index (κ1) is 28.1. The number of pyridine rings is 1. The van der Waals surface area contributed by atoms with Crippen molar-refractivity contribution in [1.29, 1.82) is 0 Å². The van der Waals surface area contributed by atoms with E-state index >= 15 is 0 Å². The number of benzene rings is 1. The summed E-state index contributed by atoms with van der Waals surface area (Å²) >= 11 is 0. The van der Waals surface area contributed by atoms with Crippen molar-refractivity contribution < 1.29 is 25.6 Å². The number of nitrogens with one attached hydrogen (secondary N) is 1. The molecule has 14 heteroatoms. The third-order valence-corrected chi connectivity index (χ3v) is 10.2. The second-order valence-electron chi connectivity index (χ2n) is 10.4. The summed E-state index contributed by atoms with van der Waals surface area (Å²) in [5, 5.41) is 6.96. The predicted octanol–water partition coefficient (Wildman–Crippen LogP) is 3.47. The van der Waals surface area contributed by atoms with Crippen molar-refractivity contribution in [2.75, 3.05) is 17.8 Å². The summed E-state index contributed by atoms with van der Waals surface area (Å²) in [6.45, 7) is 1.89. The highest BCUT2D eigenvalue weighted by Gasteiger charge is 2.40. The molecule has 1 saturated carbocycles. The first-order valence-corrected chi connectivity index (χ1v) is 16.3. The topological polar surface area (TPSA) is 149 Å². The molecular weight excluding hydrogens is 562 g/mol. The molecule has 3 N–H and O–H groups in total. The van der Waals surface area contributed by atoms with Crippen LogP contribution in [0.2, 0.25) is 0 Å². The van der Waals surface area contributed by atoms with Crippen LogP contribution in [0.4, 0.5) is 20.4 Å². The van der Waals surface area contributed by atoms with Crippen LogP contribution in [0, 0.1) is 17.6 Å². The second-order valence-corrected chi connectivity index (χ2v) is 14.6. The minimum Gasteiger partial charge on any atom is -0.326 e. The Hall–Kier alpha value is -3.49. The third kappa shape index (κ3) is 5.30. The Morgan fingerprint density at radius 3 is 2.35 bits per heavy atom. The van der Waals surface area contributed by atoms with E-state index in [-0.39, 0.29) is 23.5 Å². The molecule has 0 spiro atoms. The number of fused-ring (bicyclic) bond motifs is 1. The van der Waals surface area contributed by atoms with E-state index in [4.69, 9.17) is 5.73 Å². The van der Waals surface area contributed by atoms with E-state index in [0.29, 0.717) is 24.0 Å². The Morgan fingerprint density at radius 1 is 1.02 bits per heavy atom. The molecule has 0 amide bonds. The molecule has 1 aromatic carbocycles. The number of rotatable bonds is 6. The summed E-state index contributed by atoms with van der Waals surface area (Å²) in [7, 11) is -7.12. The molecule has 1 aliphatic carbocycles. The molecule has 1 aliphatic rings. The molecule has 5 rings (SSSR count). The van der Waals surface area contributed by atoms with E-state index in [1.807, 2.05) is 13.0 Å². The smallest absolute Gasteiger partial charge is 0.229 e. The van der Waals surface area contributed by atoms with Crippen LogP contribution < -0.4 is 11.1 Å². The van der Waals surface area contributed by atoms with Gasteiger partial charge in [-0.1, -0.05) is 6.92 Å². The number of hydrogen-bond donors (Lipinski definition) is 2. The Morgan fingerprint density at radius 2 is 1.73 bits per heavy atom. The molecule has 3 heterocycles. The molecule has 0 aliphatic heterocycles. The van der Waals surface area contributed by atoms with Gasteiger partial charge in [-0.25, -0.2) is 30.6 Å². The molecule has 4 aromatic rings. The fourth-order valence-electron chi connectivity index (χ4n) is 5.65. The number of hydrogen-bond acceptors (Lipinski definition) is 9. The molecule has 3 aromatic heterocycles. The lowest BCUT2D eigenvalue weighted by Gasteiger charge is -2.38. The van der Waals surface area contributed by atoms with E-state index in [1.165, 1.54) is 23.0 Å². The van der Waals surface area contributed by atoms with E-state index in [9.17, 15) is 25.6 Å². The summed E-state index contributed by atoms with van der Waals surface area (Å²) in [6, 6.07) is 5.84. The zero-order valence-electron chi connectivity index (χ0n) is 21.9. The maximum Gasteiger partial charge on any atom is 0.229 e. The third-order valence-electron chi connectivity index (χ3n) is 7.32. The highest BCUT2D eigenvalue weighted by atomic mass is 32.2. The minimum absolute atomic E-state index is 0.0419. The van der Waals surface area contributed by atoms with Crippen LogP contribution in [-0.4, -0.2) is 60.2 Å². The molecule has 10 nitrogen and oxygen atoms in total. The number of sulfone groups is 2. The molecule has 0 bridgehead atoms. The molecule has 4 atom stereocenters. The van der Waals surface area contributed by atoms with Crippen LogP contribution in [0.3, 0.4) is 0 Å². The van der Waals surface area contributed by atoms with Gasteiger partial charge in [0.1, 0.15) is 11.6 Å². The lowest BCUT2D eigenvalue weighted by molar-refractivity contribution is 0.309. The van der Waals surface area contributed by atoms with Gasteiger partial charge >= 0.3 is 0 Å². The van der Waals surface area contributed by atoms with Crippen molar-refractivity contribution in [3.63, 3.8) is 0 Å². The van der Waals surface area contributed by atoms with Crippen LogP contribution >= 0.6 is 0 Å². The van der Waals surface area contributed by atoms with Crippen LogP contribution in [-0.2, 0) is 19.7 Å². The van der Waals surface area contributed by atoms with Gasteiger partial charge in [0.25, 0.3) is 0 Å². The molecule has 212 valence electrons. The molecule has 40 heavy (non-hydrogen) atoms. The number of nitrogens with zero attached hydrogens (tertiary/aromatic N) is 4. The predicted molar refractivity (Wildman–Crippen MR) is 147 cm³/mol. The maximum atomic E-state index is 14.9. The molecule has 0 saturated heterocycles. The van der Waals surface area contributed by atoms with E-state index in [2.05, 4.69) is 20.4 Å². The quantitative estimate of drug-likeness (QED) is 0.344. The summed E-state index contributed by atoms with van der Waals surface area (Å²) in [6.07, 6.45) is 7.95. The average molecular weight is 591 g/mol. The number of aromatic nitrogens is 4. The van der Waals surface area contributed by atoms with Crippen molar-refractivity contribution in [2.45, 2.75) is 41.9 Å². The fourth-order valence-corrected chi connectivity index (χ4v) is 7.99. The summed E-state index contributed by atoms with van der Waals surface area (Å²) in [5.74, 6) is -2.07. The van der Waals surface area contributed by atoms with Crippen LogP contribution in [0.1, 0.15) is 31.2 Å². The molecule has 0 radical (unpaired) electrons. The Bertz CT molecular complexity index is 1790. The molecule has 1 unspecified atom stereocenters. The van der Waals surface area contributed by atoms with Gasteiger partial charge in [0.05, 0.1) is 45.0 Å². The Balaban J connectivity index is 1.49. The van der Waals surface area contributed by atoms with Gasteiger partial charge in [-0.05, 0) is 60.6 Å². The van der Waals surface area contributed by atoms with Gasteiger partial charge in [0.2, 0.25) is 5.95 Å². The zero-order valence-corrected chi connectivity index (χ0v) is 23.5. The van der Waals surface area contributed by atoms with Crippen molar-refractivity contribution in [1.82, 2.24) is 19.6 Å². The standard InChI is InChI=1S/C26H28F2N6O4S2/c1-14-8-15(9-21(29)25(14)40(3,37)38)18-6-7-30-13-23(18)32-26-31-12-16-4-5-22(33-34(16)26)24-19(27)10-17(11-20(24)28)39(2,35)36/h4-7,10-15,21,25H,8-9,29H2,1-3H3,(H,31,32)/t14-,15+,21?,25-/m0/s1. The number of anilines is 2. The monoisotopic (exact) mass is 590 g/mol.